The quantitative estimate of drug-likeness (QED) is 0.674. The number of rotatable bonds is 3. The van der Waals surface area contributed by atoms with Crippen molar-refractivity contribution in [2.75, 3.05) is 5.73 Å². The van der Waals surface area contributed by atoms with Crippen LogP contribution in [0.15, 0.2) is 30.6 Å². The van der Waals surface area contributed by atoms with Crippen LogP contribution in [0.2, 0.25) is 0 Å². The van der Waals surface area contributed by atoms with Gasteiger partial charge in [-0.2, -0.15) is 0 Å². The lowest BCUT2D eigenvalue weighted by Gasteiger charge is -2.07. The molecule has 0 saturated heterocycles. The Balaban J connectivity index is 2.53. The van der Waals surface area contributed by atoms with Crippen LogP contribution in [0.1, 0.15) is 25.3 Å². The van der Waals surface area contributed by atoms with E-state index in [4.69, 9.17) is 5.73 Å². The summed E-state index contributed by atoms with van der Waals surface area (Å²) in [4.78, 5) is 18.1. The molecule has 2 aromatic rings. The number of nitrogens with zero attached hydrogens (tertiary/aromatic N) is 3. The summed E-state index contributed by atoms with van der Waals surface area (Å²) >= 11 is 0. The van der Waals surface area contributed by atoms with Gasteiger partial charge in [0.1, 0.15) is 6.33 Å². The third kappa shape index (κ3) is 2.52. The Labute approximate surface area is 110 Å². The van der Waals surface area contributed by atoms with E-state index >= 15 is 0 Å². The van der Waals surface area contributed by atoms with Gasteiger partial charge in [0.05, 0.1) is 4.92 Å². The van der Waals surface area contributed by atoms with Crippen molar-refractivity contribution in [1.82, 2.24) is 9.97 Å². The monoisotopic (exact) mass is 258 g/mol. The average Bonchev–Trinajstić information content (AvgIpc) is 2.38. The molecule has 0 bridgehead atoms. The summed E-state index contributed by atoms with van der Waals surface area (Å²) in [6.45, 7) is 4.17. The first-order valence-electron chi connectivity index (χ1n) is 5.86. The molecule has 0 unspecified atom stereocenters. The van der Waals surface area contributed by atoms with Crippen LogP contribution in [0.5, 0.6) is 0 Å². The van der Waals surface area contributed by atoms with Crippen LogP contribution in [-0.2, 0) is 0 Å². The first kappa shape index (κ1) is 12.9. The van der Waals surface area contributed by atoms with Crippen LogP contribution in [0.4, 0.5) is 11.5 Å². The molecule has 6 heteroatoms. The number of hydrogen-bond acceptors (Lipinski definition) is 5. The summed E-state index contributed by atoms with van der Waals surface area (Å²) in [5.41, 5.74) is 7.36. The molecule has 0 atom stereocenters. The molecule has 98 valence electrons. The molecule has 0 amide bonds. The third-order valence-electron chi connectivity index (χ3n) is 2.88. The van der Waals surface area contributed by atoms with E-state index < -0.39 is 4.92 Å². The minimum atomic E-state index is -0.555. The van der Waals surface area contributed by atoms with Gasteiger partial charge in [-0.15, -0.1) is 0 Å². The minimum absolute atomic E-state index is 0.122. The highest BCUT2D eigenvalue weighted by molar-refractivity contribution is 5.75. The lowest BCUT2D eigenvalue weighted by Crippen LogP contribution is -2.02. The first-order valence-corrected chi connectivity index (χ1v) is 5.86. The van der Waals surface area contributed by atoms with Crippen molar-refractivity contribution in [2.45, 2.75) is 19.8 Å². The smallest absolute Gasteiger partial charge is 0.337 e. The van der Waals surface area contributed by atoms with E-state index in [1.807, 2.05) is 24.3 Å². The Morgan fingerprint density at radius 1 is 1.21 bits per heavy atom. The van der Waals surface area contributed by atoms with Crippen LogP contribution < -0.4 is 5.73 Å². The molecule has 0 aliphatic heterocycles. The number of benzene rings is 1. The second-order valence-corrected chi connectivity index (χ2v) is 4.49. The van der Waals surface area contributed by atoms with Gasteiger partial charge < -0.3 is 5.73 Å². The zero-order valence-electron chi connectivity index (χ0n) is 10.7. The maximum absolute atomic E-state index is 11.0. The second kappa shape index (κ2) is 5.01. The number of hydrogen-bond donors (Lipinski definition) is 1. The van der Waals surface area contributed by atoms with Crippen molar-refractivity contribution in [1.29, 1.82) is 0 Å². The minimum Gasteiger partial charge on any atom is -0.378 e. The maximum Gasteiger partial charge on any atom is 0.337 e. The Bertz CT molecular complexity index is 609. The predicted octanol–water partition coefficient (Wildman–Crippen LogP) is 2.76. The van der Waals surface area contributed by atoms with Crippen LogP contribution in [-0.4, -0.2) is 14.9 Å². The summed E-state index contributed by atoms with van der Waals surface area (Å²) in [5.74, 6) is 0.280. The number of nitro groups is 1. The van der Waals surface area contributed by atoms with Crippen LogP contribution in [0, 0.1) is 10.1 Å². The van der Waals surface area contributed by atoms with Gasteiger partial charge in [-0.3, -0.25) is 10.1 Å². The topological polar surface area (TPSA) is 94.9 Å². The van der Waals surface area contributed by atoms with Crippen LogP contribution in [0.3, 0.4) is 0 Å². The van der Waals surface area contributed by atoms with E-state index in [0.29, 0.717) is 11.5 Å². The van der Waals surface area contributed by atoms with Gasteiger partial charge in [-0.05, 0) is 11.5 Å². The molecule has 0 saturated carbocycles. The summed E-state index contributed by atoms with van der Waals surface area (Å²) in [6.07, 6.45) is 1.23. The predicted molar refractivity (Wildman–Crippen MR) is 72.6 cm³/mol. The molecule has 0 fully saturated rings. The highest BCUT2D eigenvalue weighted by Crippen LogP contribution is 2.31. The third-order valence-corrected chi connectivity index (χ3v) is 2.88. The van der Waals surface area contributed by atoms with Gasteiger partial charge in [-0.1, -0.05) is 38.1 Å². The highest BCUT2D eigenvalue weighted by atomic mass is 16.6. The molecular weight excluding hydrogens is 244 g/mol. The molecule has 2 rings (SSSR count). The normalized spacial score (nSPS) is 10.7. The fourth-order valence-corrected chi connectivity index (χ4v) is 1.81. The number of nitrogens with two attached hydrogens (primary N) is 1. The number of aromatic nitrogens is 2. The Hall–Kier alpha value is -2.50. The average molecular weight is 258 g/mol. The molecule has 2 N–H and O–H groups in total. The number of anilines is 1. The van der Waals surface area contributed by atoms with Gasteiger partial charge in [0.2, 0.25) is 5.82 Å². The zero-order chi connectivity index (χ0) is 14.0. The van der Waals surface area contributed by atoms with Gasteiger partial charge >= 0.3 is 5.69 Å². The van der Waals surface area contributed by atoms with Crippen molar-refractivity contribution < 1.29 is 4.92 Å². The Kier molecular flexibility index (Phi) is 3.41. The summed E-state index contributed by atoms with van der Waals surface area (Å²) in [5, 5.41) is 11.0. The molecule has 0 aliphatic carbocycles. The van der Waals surface area contributed by atoms with Gasteiger partial charge in [-0.25, -0.2) is 9.97 Å². The highest BCUT2D eigenvalue weighted by Gasteiger charge is 2.21. The van der Waals surface area contributed by atoms with E-state index in [1.54, 1.807) is 0 Å². The molecule has 0 spiro atoms. The molecule has 0 aliphatic rings. The SMILES string of the molecule is CC(C)c1ccc(-c2ncnc(N)c2[N+](=O)[O-])cc1. The van der Waals surface area contributed by atoms with Crippen molar-refractivity contribution in [2.24, 2.45) is 0 Å². The zero-order valence-corrected chi connectivity index (χ0v) is 10.7. The molecule has 19 heavy (non-hydrogen) atoms. The molecule has 1 aromatic heterocycles. The van der Waals surface area contributed by atoms with E-state index in [9.17, 15) is 10.1 Å². The Morgan fingerprint density at radius 3 is 2.37 bits per heavy atom. The fraction of sp³-hybridized carbons (Fsp3) is 0.231. The largest absolute Gasteiger partial charge is 0.378 e. The fourth-order valence-electron chi connectivity index (χ4n) is 1.81. The summed E-state index contributed by atoms with van der Waals surface area (Å²) in [6, 6.07) is 7.48. The van der Waals surface area contributed by atoms with Crippen molar-refractivity contribution in [3.05, 3.63) is 46.3 Å². The molecule has 6 nitrogen and oxygen atoms in total. The van der Waals surface area contributed by atoms with E-state index in [1.165, 1.54) is 6.33 Å². The van der Waals surface area contributed by atoms with Gasteiger partial charge in [0.15, 0.2) is 5.69 Å². The van der Waals surface area contributed by atoms with E-state index in [-0.39, 0.29) is 17.2 Å². The van der Waals surface area contributed by atoms with Crippen molar-refractivity contribution >= 4 is 11.5 Å². The van der Waals surface area contributed by atoms with Crippen molar-refractivity contribution in [3.63, 3.8) is 0 Å². The molecule has 1 heterocycles. The maximum atomic E-state index is 11.0. The van der Waals surface area contributed by atoms with Gasteiger partial charge in [0.25, 0.3) is 0 Å². The lowest BCUT2D eigenvalue weighted by atomic mass is 10.0. The van der Waals surface area contributed by atoms with E-state index in [0.717, 1.165) is 5.56 Å². The molecule has 1 aromatic carbocycles. The lowest BCUT2D eigenvalue weighted by molar-refractivity contribution is -0.383. The second-order valence-electron chi connectivity index (χ2n) is 4.49. The summed E-state index contributed by atoms with van der Waals surface area (Å²) in [7, 11) is 0. The van der Waals surface area contributed by atoms with Crippen LogP contribution in [0.25, 0.3) is 11.3 Å². The standard InChI is InChI=1S/C13H14N4O2/c1-8(2)9-3-5-10(6-4-9)11-12(17(18)19)13(14)16-7-15-11/h3-8H,1-2H3,(H2,14,15,16). The van der Waals surface area contributed by atoms with Crippen molar-refractivity contribution in [3.8, 4) is 11.3 Å². The first-order chi connectivity index (χ1) is 9.00. The van der Waals surface area contributed by atoms with Gasteiger partial charge in [0, 0.05) is 5.56 Å². The molecule has 0 radical (unpaired) electrons. The van der Waals surface area contributed by atoms with E-state index in [2.05, 4.69) is 23.8 Å². The Morgan fingerprint density at radius 2 is 1.84 bits per heavy atom. The van der Waals surface area contributed by atoms with Crippen LogP contribution >= 0.6 is 0 Å². The molecular formula is C13H14N4O2. The number of nitrogen functional groups attached to an aromatic ring is 1. The summed E-state index contributed by atoms with van der Waals surface area (Å²) < 4.78 is 0.